The van der Waals surface area contributed by atoms with Crippen LogP contribution in [0.4, 0.5) is 0 Å². The Balaban J connectivity index is 1.95. The summed E-state index contributed by atoms with van der Waals surface area (Å²) in [5.74, 6) is 1.05. The van der Waals surface area contributed by atoms with Gasteiger partial charge in [-0.15, -0.1) is 0 Å². The standard InChI is InChI=1S/C23H27NO5/c1-5-6-20(26)29-22-18(27-3)8-7-14-11-16-15-12-19(28-4)17(25)13-23(15,21(14)22)9-10-24(16)2/h5-8,12,15-16H,9-11,13H2,1-4H3/b6-5+/t15-,16+,23-/m1/s1. The molecule has 1 fully saturated rings. The maximum Gasteiger partial charge on any atom is 0.335 e. The first-order valence-corrected chi connectivity index (χ1v) is 9.99. The highest BCUT2D eigenvalue weighted by molar-refractivity contribution is 5.96. The summed E-state index contributed by atoms with van der Waals surface area (Å²) in [6.45, 7) is 2.65. The van der Waals surface area contributed by atoms with Crippen molar-refractivity contribution in [3.05, 3.63) is 47.2 Å². The molecule has 0 unspecified atom stereocenters. The molecule has 29 heavy (non-hydrogen) atoms. The normalized spacial score (nSPS) is 28.4. The number of rotatable bonds is 4. The second-order valence-electron chi connectivity index (χ2n) is 8.07. The van der Waals surface area contributed by atoms with Gasteiger partial charge in [-0.1, -0.05) is 12.1 Å². The van der Waals surface area contributed by atoms with Crippen LogP contribution in [0.2, 0.25) is 0 Å². The molecule has 6 nitrogen and oxygen atoms in total. The molecule has 1 aromatic rings. The van der Waals surface area contributed by atoms with Crippen LogP contribution in [-0.4, -0.2) is 50.5 Å². The van der Waals surface area contributed by atoms with Gasteiger partial charge in [-0.3, -0.25) is 4.79 Å². The number of ether oxygens (including phenoxy) is 3. The first-order chi connectivity index (χ1) is 13.9. The molecule has 1 aromatic carbocycles. The summed E-state index contributed by atoms with van der Waals surface area (Å²) in [7, 11) is 5.25. The molecule has 154 valence electrons. The number of fused-ring (bicyclic) bond motifs is 1. The highest BCUT2D eigenvalue weighted by Crippen LogP contribution is 2.58. The van der Waals surface area contributed by atoms with E-state index in [1.165, 1.54) is 6.08 Å². The lowest BCUT2D eigenvalue weighted by Crippen LogP contribution is -2.60. The van der Waals surface area contributed by atoms with Crippen molar-refractivity contribution in [3.63, 3.8) is 0 Å². The maximum absolute atomic E-state index is 12.9. The van der Waals surface area contributed by atoms with Gasteiger partial charge in [0.05, 0.1) is 14.2 Å². The molecule has 1 aliphatic heterocycles. The Kier molecular flexibility index (Phi) is 4.99. The molecule has 0 spiro atoms. The van der Waals surface area contributed by atoms with Gasteiger partial charge in [-0.25, -0.2) is 4.79 Å². The number of carbonyl (C=O) groups excluding carboxylic acids is 2. The summed E-state index contributed by atoms with van der Waals surface area (Å²) in [6, 6.07) is 4.16. The van der Waals surface area contributed by atoms with E-state index in [1.807, 2.05) is 18.2 Å². The van der Waals surface area contributed by atoms with Crippen LogP contribution < -0.4 is 9.47 Å². The number of allylic oxidation sites excluding steroid dienone is 2. The Morgan fingerprint density at radius 1 is 1.28 bits per heavy atom. The minimum atomic E-state index is -0.447. The number of hydrogen-bond donors (Lipinski definition) is 0. The van der Waals surface area contributed by atoms with E-state index in [2.05, 4.69) is 11.9 Å². The number of likely N-dealkylation sites (N-methyl/N-ethyl adjacent to an activating group) is 1. The van der Waals surface area contributed by atoms with E-state index in [9.17, 15) is 9.59 Å². The van der Waals surface area contributed by atoms with Gasteiger partial charge in [0.2, 0.25) is 0 Å². The fourth-order valence-electron chi connectivity index (χ4n) is 5.38. The molecular weight excluding hydrogens is 370 g/mol. The monoisotopic (exact) mass is 397 g/mol. The quantitative estimate of drug-likeness (QED) is 0.442. The van der Waals surface area contributed by atoms with Crippen LogP contribution in [0.3, 0.4) is 0 Å². The van der Waals surface area contributed by atoms with Crippen molar-refractivity contribution in [2.75, 3.05) is 27.8 Å². The molecule has 0 aromatic heterocycles. The molecule has 0 radical (unpaired) electrons. The number of methoxy groups -OCH3 is 2. The zero-order chi connectivity index (χ0) is 20.8. The molecule has 3 aliphatic rings. The summed E-state index contributed by atoms with van der Waals surface area (Å²) in [6.07, 6.45) is 7.00. The molecule has 4 rings (SSSR count). The minimum Gasteiger partial charge on any atom is -0.493 e. The molecule has 0 N–H and O–H groups in total. The third-order valence-corrected chi connectivity index (χ3v) is 6.69. The van der Waals surface area contributed by atoms with Crippen LogP contribution in [0, 0.1) is 5.92 Å². The number of nitrogens with zero attached hydrogens (tertiary/aromatic N) is 1. The predicted octanol–water partition coefficient (Wildman–Crippen LogP) is 2.79. The molecule has 6 heteroatoms. The number of carbonyl (C=O) groups is 2. The Morgan fingerprint density at radius 2 is 2.07 bits per heavy atom. The van der Waals surface area contributed by atoms with Gasteiger partial charge in [-0.05, 0) is 51.1 Å². The number of piperidine rings is 1. The number of ketones is 1. The van der Waals surface area contributed by atoms with Crippen LogP contribution in [0.15, 0.2) is 36.1 Å². The summed E-state index contributed by atoms with van der Waals surface area (Å²) < 4.78 is 16.7. The van der Waals surface area contributed by atoms with Gasteiger partial charge in [-0.2, -0.15) is 0 Å². The molecule has 0 saturated carbocycles. The van der Waals surface area contributed by atoms with E-state index in [4.69, 9.17) is 14.2 Å². The van der Waals surface area contributed by atoms with Crippen molar-refractivity contribution < 1.29 is 23.8 Å². The number of likely N-dealkylation sites (tertiary alicyclic amines) is 1. The van der Waals surface area contributed by atoms with Crippen molar-refractivity contribution >= 4 is 11.8 Å². The maximum atomic E-state index is 12.9. The Bertz CT molecular complexity index is 918. The second-order valence-corrected chi connectivity index (χ2v) is 8.07. The van der Waals surface area contributed by atoms with Gasteiger partial charge >= 0.3 is 5.97 Å². The smallest absolute Gasteiger partial charge is 0.335 e. The number of Topliss-reactive ketones (excluding diaryl/α,β-unsaturated/α-hetero) is 1. The van der Waals surface area contributed by atoms with Gasteiger partial charge < -0.3 is 19.1 Å². The Morgan fingerprint density at radius 3 is 2.76 bits per heavy atom. The van der Waals surface area contributed by atoms with Gasteiger partial charge in [0, 0.05) is 35.4 Å². The van der Waals surface area contributed by atoms with Gasteiger partial charge in [0.15, 0.2) is 23.0 Å². The number of esters is 1. The fraction of sp³-hybridized carbons (Fsp3) is 0.478. The third-order valence-electron chi connectivity index (χ3n) is 6.69. The van der Waals surface area contributed by atoms with E-state index in [-0.39, 0.29) is 17.7 Å². The van der Waals surface area contributed by atoms with Crippen LogP contribution in [-0.2, 0) is 26.2 Å². The molecule has 2 aliphatic carbocycles. The van der Waals surface area contributed by atoms with E-state index in [0.717, 1.165) is 30.5 Å². The van der Waals surface area contributed by atoms with Crippen molar-refractivity contribution in [1.82, 2.24) is 4.90 Å². The van der Waals surface area contributed by atoms with Crippen molar-refractivity contribution in [2.24, 2.45) is 5.92 Å². The van der Waals surface area contributed by atoms with Crippen LogP contribution >= 0.6 is 0 Å². The SMILES string of the molecule is C/C=C/C(=O)Oc1c(OC)ccc2c1[C@@]13CCN(C)[C@@H](C2)[C@H]1C=C(OC)C(=O)C3. The molecule has 2 bridgehead atoms. The average Bonchev–Trinajstić information content (AvgIpc) is 2.70. The summed E-state index contributed by atoms with van der Waals surface area (Å²) >= 11 is 0. The highest BCUT2D eigenvalue weighted by Gasteiger charge is 2.56. The van der Waals surface area contributed by atoms with Gasteiger partial charge in [0.1, 0.15) is 0 Å². The van der Waals surface area contributed by atoms with Crippen LogP contribution in [0.25, 0.3) is 0 Å². The summed E-state index contributed by atoms with van der Waals surface area (Å²) in [5.41, 5.74) is 1.64. The highest BCUT2D eigenvalue weighted by atomic mass is 16.6. The Labute approximate surface area is 171 Å². The van der Waals surface area contributed by atoms with E-state index in [0.29, 0.717) is 23.7 Å². The summed E-state index contributed by atoms with van der Waals surface area (Å²) in [5, 5.41) is 0. The van der Waals surface area contributed by atoms with E-state index < -0.39 is 11.4 Å². The lowest BCUT2D eigenvalue weighted by molar-refractivity contribution is -0.129. The molecular formula is C23H27NO5. The predicted molar refractivity (Wildman–Crippen MR) is 108 cm³/mol. The largest absolute Gasteiger partial charge is 0.493 e. The number of benzene rings is 1. The molecule has 1 heterocycles. The molecule has 3 atom stereocenters. The zero-order valence-electron chi connectivity index (χ0n) is 17.4. The summed E-state index contributed by atoms with van der Waals surface area (Å²) in [4.78, 5) is 27.6. The third kappa shape index (κ3) is 2.97. The van der Waals surface area contributed by atoms with Gasteiger partial charge in [0.25, 0.3) is 0 Å². The number of hydrogen-bond acceptors (Lipinski definition) is 6. The van der Waals surface area contributed by atoms with E-state index >= 15 is 0 Å². The van der Waals surface area contributed by atoms with Crippen molar-refractivity contribution in [3.8, 4) is 11.5 Å². The first kappa shape index (κ1) is 19.7. The van der Waals surface area contributed by atoms with Crippen LogP contribution in [0.5, 0.6) is 11.5 Å². The lowest BCUT2D eigenvalue weighted by Gasteiger charge is -2.56. The first-order valence-electron chi connectivity index (χ1n) is 9.99. The fourth-order valence-corrected chi connectivity index (χ4v) is 5.38. The van der Waals surface area contributed by atoms with Crippen LogP contribution in [0.1, 0.15) is 30.9 Å². The van der Waals surface area contributed by atoms with Crippen molar-refractivity contribution in [2.45, 2.75) is 37.6 Å². The Hall–Kier alpha value is -2.60. The molecule has 1 saturated heterocycles. The second kappa shape index (κ2) is 7.34. The lowest BCUT2D eigenvalue weighted by atomic mass is 9.53. The van der Waals surface area contributed by atoms with Crippen molar-refractivity contribution in [1.29, 1.82) is 0 Å². The zero-order valence-corrected chi connectivity index (χ0v) is 17.4. The topological polar surface area (TPSA) is 65.1 Å². The molecule has 0 amide bonds. The average molecular weight is 397 g/mol. The van der Waals surface area contributed by atoms with E-state index in [1.54, 1.807) is 27.2 Å². The minimum absolute atomic E-state index is 0.00606.